The van der Waals surface area contributed by atoms with Crippen LogP contribution in [0.15, 0.2) is 36.4 Å². The van der Waals surface area contributed by atoms with E-state index >= 15 is 0 Å². The summed E-state index contributed by atoms with van der Waals surface area (Å²) in [6.07, 6.45) is 0.733. The topological polar surface area (TPSA) is 47.8 Å². The zero-order valence-electron chi connectivity index (χ0n) is 10.6. The second-order valence-corrected chi connectivity index (χ2v) is 4.42. The van der Waals surface area contributed by atoms with E-state index in [2.05, 4.69) is 16.9 Å². The van der Waals surface area contributed by atoms with Gasteiger partial charge in [-0.1, -0.05) is 47.2 Å². The van der Waals surface area contributed by atoms with Gasteiger partial charge in [0.05, 0.1) is 12.2 Å². The largest absolute Gasteiger partial charge is 0.296 e. The third kappa shape index (κ3) is 2.37. The third-order valence-corrected chi connectivity index (χ3v) is 2.62. The van der Waals surface area contributed by atoms with Crippen LogP contribution in [0.1, 0.15) is 23.0 Å². The van der Waals surface area contributed by atoms with Gasteiger partial charge in [0, 0.05) is 5.56 Å². The molecule has 0 N–H and O–H groups in total. The minimum absolute atomic E-state index is 0.361. The van der Waals surface area contributed by atoms with E-state index < -0.39 is 0 Å². The zero-order valence-corrected chi connectivity index (χ0v) is 10.6. The molecule has 0 unspecified atom stereocenters. The molecule has 0 aliphatic heterocycles. The molecule has 0 fully saturated rings. The van der Waals surface area contributed by atoms with Crippen molar-refractivity contribution in [2.45, 2.75) is 20.4 Å². The van der Waals surface area contributed by atoms with Crippen molar-refractivity contribution in [3.8, 4) is 11.3 Å². The summed E-state index contributed by atoms with van der Waals surface area (Å²) in [4.78, 5) is 11.0. The van der Waals surface area contributed by atoms with Gasteiger partial charge in [-0.05, 0) is 13.8 Å². The molecule has 0 amide bonds. The van der Waals surface area contributed by atoms with Gasteiger partial charge >= 0.3 is 0 Å². The molecule has 0 bridgehead atoms. The average Bonchev–Trinajstić information content (AvgIpc) is 2.72. The fraction of sp³-hybridized carbons (Fsp3) is 0.214. The number of hydrogen-bond donors (Lipinski definition) is 0. The number of aryl methyl sites for hydroxylation is 1. The predicted octanol–water partition coefficient (Wildman–Crippen LogP) is 2.64. The van der Waals surface area contributed by atoms with E-state index in [1.807, 2.05) is 38.1 Å². The van der Waals surface area contributed by atoms with Crippen molar-refractivity contribution < 1.29 is 4.79 Å². The molecule has 4 nitrogen and oxygen atoms in total. The number of nitrogens with zero attached hydrogens (tertiary/aromatic N) is 3. The Balaban J connectivity index is 2.52. The van der Waals surface area contributed by atoms with Crippen LogP contribution in [0.3, 0.4) is 0 Å². The van der Waals surface area contributed by atoms with Crippen molar-refractivity contribution in [3.63, 3.8) is 0 Å². The molecule has 0 radical (unpaired) electrons. The Morgan fingerprint density at radius 2 is 2.06 bits per heavy atom. The maximum absolute atomic E-state index is 11.0. The van der Waals surface area contributed by atoms with Crippen LogP contribution in [0.2, 0.25) is 0 Å². The van der Waals surface area contributed by atoms with E-state index in [0.717, 1.165) is 23.1 Å². The molecule has 1 heterocycles. The number of benzene rings is 1. The molecule has 0 atom stereocenters. The lowest BCUT2D eigenvalue weighted by Gasteiger charge is -2.07. The maximum atomic E-state index is 11.0. The van der Waals surface area contributed by atoms with E-state index in [-0.39, 0.29) is 0 Å². The highest BCUT2D eigenvalue weighted by Gasteiger charge is 2.14. The van der Waals surface area contributed by atoms with Crippen molar-refractivity contribution in [1.82, 2.24) is 15.0 Å². The van der Waals surface area contributed by atoms with Crippen LogP contribution in [0.4, 0.5) is 0 Å². The minimum Gasteiger partial charge on any atom is -0.296 e. The quantitative estimate of drug-likeness (QED) is 0.610. The Kier molecular flexibility index (Phi) is 3.37. The highest BCUT2D eigenvalue weighted by atomic mass is 16.1. The second-order valence-electron chi connectivity index (χ2n) is 4.42. The summed E-state index contributed by atoms with van der Waals surface area (Å²) in [5.74, 6) is 0. The summed E-state index contributed by atoms with van der Waals surface area (Å²) >= 11 is 0. The van der Waals surface area contributed by atoms with Gasteiger partial charge in [-0.3, -0.25) is 4.79 Å². The summed E-state index contributed by atoms with van der Waals surface area (Å²) in [5, 5.41) is 7.89. The molecule has 4 heteroatoms. The molecule has 0 aliphatic rings. The summed E-state index contributed by atoms with van der Waals surface area (Å²) < 4.78 is 1.71. The van der Waals surface area contributed by atoms with Gasteiger partial charge in [-0.2, -0.15) is 0 Å². The number of rotatable bonds is 4. The highest BCUT2D eigenvalue weighted by molar-refractivity contribution is 5.83. The summed E-state index contributed by atoms with van der Waals surface area (Å²) in [6, 6.07) is 7.94. The van der Waals surface area contributed by atoms with Crippen LogP contribution in [0.25, 0.3) is 11.3 Å². The van der Waals surface area contributed by atoms with Gasteiger partial charge in [-0.15, -0.1) is 5.10 Å². The van der Waals surface area contributed by atoms with Crippen LogP contribution in [-0.4, -0.2) is 21.3 Å². The maximum Gasteiger partial charge on any atom is 0.172 e. The molecule has 0 saturated carbocycles. The predicted molar refractivity (Wildman–Crippen MR) is 70.4 cm³/mol. The second kappa shape index (κ2) is 4.96. The molecule has 1 aromatic heterocycles. The van der Waals surface area contributed by atoms with Gasteiger partial charge in [0.15, 0.2) is 12.0 Å². The number of allylic oxidation sites excluding steroid dienone is 1. The standard InChI is InChI=1S/C14H15N3O/c1-10(2)8-17-14(13(9-18)15-16-17)12-6-4-11(3)5-7-12/h4-7,9H,1,8H2,2-3H3. The lowest BCUT2D eigenvalue weighted by Crippen LogP contribution is -2.03. The minimum atomic E-state index is 0.361. The van der Waals surface area contributed by atoms with E-state index in [9.17, 15) is 4.79 Å². The first-order valence-corrected chi connectivity index (χ1v) is 5.72. The van der Waals surface area contributed by atoms with Crippen LogP contribution in [-0.2, 0) is 6.54 Å². The third-order valence-electron chi connectivity index (χ3n) is 2.62. The Morgan fingerprint density at radius 1 is 1.39 bits per heavy atom. The van der Waals surface area contributed by atoms with E-state index in [4.69, 9.17) is 0 Å². The number of hydrogen-bond acceptors (Lipinski definition) is 3. The Hall–Kier alpha value is -2.23. The number of aromatic nitrogens is 3. The normalized spacial score (nSPS) is 10.3. The Bertz CT molecular complexity index is 582. The Morgan fingerprint density at radius 3 is 2.61 bits per heavy atom. The number of carbonyl (C=O) groups is 1. The van der Waals surface area contributed by atoms with Crippen LogP contribution in [0.5, 0.6) is 0 Å². The van der Waals surface area contributed by atoms with Gasteiger partial charge in [0.1, 0.15) is 0 Å². The van der Waals surface area contributed by atoms with Gasteiger partial charge in [0.2, 0.25) is 0 Å². The van der Waals surface area contributed by atoms with Crippen LogP contribution in [0, 0.1) is 6.92 Å². The molecule has 0 saturated heterocycles. The molecule has 2 rings (SSSR count). The van der Waals surface area contributed by atoms with E-state index in [0.29, 0.717) is 12.2 Å². The Labute approximate surface area is 106 Å². The first-order chi connectivity index (χ1) is 8.61. The molecule has 18 heavy (non-hydrogen) atoms. The van der Waals surface area contributed by atoms with Crippen LogP contribution < -0.4 is 0 Å². The summed E-state index contributed by atoms with van der Waals surface area (Å²) in [5.41, 5.74) is 4.18. The van der Waals surface area contributed by atoms with Crippen LogP contribution >= 0.6 is 0 Å². The summed E-state index contributed by atoms with van der Waals surface area (Å²) in [6.45, 7) is 8.36. The monoisotopic (exact) mass is 241 g/mol. The SMILES string of the molecule is C=C(C)Cn1nnc(C=O)c1-c1ccc(C)cc1. The van der Waals surface area contributed by atoms with Crippen molar-refractivity contribution in [2.24, 2.45) is 0 Å². The van der Waals surface area contributed by atoms with Crippen molar-refractivity contribution in [3.05, 3.63) is 47.7 Å². The molecule has 0 aliphatic carbocycles. The van der Waals surface area contributed by atoms with Crippen molar-refractivity contribution >= 4 is 6.29 Å². The van der Waals surface area contributed by atoms with Gasteiger partial charge in [0.25, 0.3) is 0 Å². The lowest BCUT2D eigenvalue weighted by molar-refractivity contribution is 0.111. The van der Waals surface area contributed by atoms with Gasteiger partial charge < -0.3 is 0 Å². The first kappa shape index (κ1) is 12.2. The van der Waals surface area contributed by atoms with Crippen molar-refractivity contribution in [2.75, 3.05) is 0 Å². The first-order valence-electron chi connectivity index (χ1n) is 5.72. The molecule has 0 spiro atoms. The molecular formula is C14H15N3O. The molecular weight excluding hydrogens is 226 g/mol. The van der Waals surface area contributed by atoms with E-state index in [1.54, 1.807) is 4.68 Å². The highest BCUT2D eigenvalue weighted by Crippen LogP contribution is 2.22. The smallest absolute Gasteiger partial charge is 0.172 e. The molecule has 2 aromatic rings. The summed E-state index contributed by atoms with van der Waals surface area (Å²) in [7, 11) is 0. The molecule has 1 aromatic carbocycles. The number of carbonyl (C=O) groups excluding carboxylic acids is 1. The van der Waals surface area contributed by atoms with Gasteiger partial charge in [-0.25, -0.2) is 4.68 Å². The molecule has 92 valence electrons. The number of aldehydes is 1. The van der Waals surface area contributed by atoms with Crippen molar-refractivity contribution in [1.29, 1.82) is 0 Å². The lowest BCUT2D eigenvalue weighted by atomic mass is 10.1. The fourth-order valence-electron chi connectivity index (χ4n) is 1.78. The van der Waals surface area contributed by atoms with E-state index in [1.165, 1.54) is 5.56 Å². The average molecular weight is 241 g/mol. The fourth-order valence-corrected chi connectivity index (χ4v) is 1.78. The zero-order chi connectivity index (χ0) is 13.1.